The highest BCUT2D eigenvalue weighted by Gasteiger charge is 2.28. The minimum absolute atomic E-state index is 0.128. The smallest absolute Gasteiger partial charge is 0.255 e. The van der Waals surface area contributed by atoms with Gasteiger partial charge in [-0.05, 0) is 6.42 Å². The molecule has 6 heteroatoms. The second-order valence-corrected chi connectivity index (χ2v) is 5.90. The molecule has 15 heavy (non-hydrogen) atoms. The van der Waals surface area contributed by atoms with Gasteiger partial charge in [-0.15, -0.1) is 0 Å². The van der Waals surface area contributed by atoms with Crippen LogP contribution in [0.15, 0.2) is 4.40 Å². The Kier molecular flexibility index (Phi) is 5.23. The van der Waals surface area contributed by atoms with Crippen LogP contribution in [0.5, 0.6) is 0 Å². The summed E-state index contributed by atoms with van der Waals surface area (Å²) < 4.78 is 26.6. The Morgan fingerprint density at radius 3 is 2.33 bits per heavy atom. The van der Waals surface area contributed by atoms with E-state index < -0.39 is 15.4 Å². The van der Waals surface area contributed by atoms with E-state index in [1.165, 1.54) is 6.34 Å². The van der Waals surface area contributed by atoms with Crippen molar-refractivity contribution in [1.82, 2.24) is 4.90 Å². The molecule has 0 fully saturated rings. The normalized spacial score (nSPS) is 16.6. The van der Waals surface area contributed by atoms with Crippen LogP contribution in [0.1, 0.15) is 20.3 Å². The molecule has 0 amide bonds. The Balaban J connectivity index is 4.64. The summed E-state index contributed by atoms with van der Waals surface area (Å²) in [5.74, 6) is -0.128. The Hall–Kier alpha value is -0.620. The molecular formula is C9H20N2O3S. The summed E-state index contributed by atoms with van der Waals surface area (Å²) in [6.07, 6.45) is 1.85. The highest BCUT2D eigenvalue weighted by molar-refractivity contribution is 7.90. The van der Waals surface area contributed by atoms with Crippen LogP contribution < -0.4 is 0 Å². The topological polar surface area (TPSA) is 70.0 Å². The van der Waals surface area contributed by atoms with Crippen LogP contribution in [-0.2, 0) is 10.0 Å². The fourth-order valence-electron chi connectivity index (χ4n) is 0.903. The Morgan fingerprint density at radius 1 is 1.47 bits per heavy atom. The second-order valence-electron chi connectivity index (χ2n) is 4.23. The van der Waals surface area contributed by atoms with Gasteiger partial charge in [-0.2, -0.15) is 4.40 Å². The average Bonchev–Trinajstić information content (AvgIpc) is 2.14. The van der Waals surface area contributed by atoms with E-state index in [-0.39, 0.29) is 12.4 Å². The highest BCUT2D eigenvalue weighted by atomic mass is 32.2. The zero-order valence-corrected chi connectivity index (χ0v) is 10.6. The molecule has 0 bridgehead atoms. The van der Waals surface area contributed by atoms with Crippen LogP contribution >= 0.6 is 0 Å². The van der Waals surface area contributed by atoms with Gasteiger partial charge in [-0.3, -0.25) is 0 Å². The summed E-state index contributed by atoms with van der Waals surface area (Å²) in [5, 5.41) is 9.10. The second kappa shape index (κ2) is 5.46. The molecule has 1 atom stereocenters. The standard InChI is InChI=1S/C9H20N2O3S/c1-5-9(2,6-12)7-15(13,14)10-8-11(3)4/h8,12H,5-7H2,1-4H3. The summed E-state index contributed by atoms with van der Waals surface area (Å²) in [4.78, 5) is 1.56. The number of hydrogen-bond acceptors (Lipinski definition) is 3. The predicted octanol–water partition coefficient (Wildman–Crippen LogP) is 0.315. The zero-order valence-electron chi connectivity index (χ0n) is 9.77. The fourth-order valence-corrected chi connectivity index (χ4v) is 2.49. The summed E-state index contributed by atoms with van der Waals surface area (Å²) in [5.41, 5.74) is -0.609. The maximum atomic E-state index is 11.5. The molecule has 0 aliphatic carbocycles. The molecule has 0 aromatic rings. The third-order valence-corrected chi connectivity index (χ3v) is 3.68. The molecule has 0 aliphatic heterocycles. The van der Waals surface area contributed by atoms with Crippen molar-refractivity contribution in [2.24, 2.45) is 9.81 Å². The largest absolute Gasteiger partial charge is 0.396 e. The van der Waals surface area contributed by atoms with Crippen molar-refractivity contribution in [3.8, 4) is 0 Å². The minimum Gasteiger partial charge on any atom is -0.396 e. The molecule has 0 rings (SSSR count). The molecule has 1 N–H and O–H groups in total. The first-order valence-electron chi connectivity index (χ1n) is 4.80. The third kappa shape index (κ3) is 5.74. The van der Waals surface area contributed by atoms with Gasteiger partial charge in [0.1, 0.15) is 6.34 Å². The highest BCUT2D eigenvalue weighted by Crippen LogP contribution is 2.22. The van der Waals surface area contributed by atoms with Gasteiger partial charge in [0.15, 0.2) is 0 Å². The Morgan fingerprint density at radius 2 is 2.00 bits per heavy atom. The van der Waals surface area contributed by atoms with Crippen molar-refractivity contribution in [1.29, 1.82) is 0 Å². The van der Waals surface area contributed by atoms with E-state index >= 15 is 0 Å². The molecular weight excluding hydrogens is 216 g/mol. The van der Waals surface area contributed by atoms with Crippen molar-refractivity contribution in [3.05, 3.63) is 0 Å². The number of nitrogens with zero attached hydrogens (tertiary/aromatic N) is 2. The van der Waals surface area contributed by atoms with Crippen LogP contribution in [0.4, 0.5) is 0 Å². The zero-order chi connectivity index (χ0) is 12.1. The van der Waals surface area contributed by atoms with Gasteiger partial charge >= 0.3 is 0 Å². The molecule has 0 saturated carbocycles. The van der Waals surface area contributed by atoms with Crippen molar-refractivity contribution < 1.29 is 13.5 Å². The molecule has 0 aromatic carbocycles. The summed E-state index contributed by atoms with van der Waals surface area (Å²) in [6, 6.07) is 0. The van der Waals surface area contributed by atoms with Crippen molar-refractivity contribution >= 4 is 16.4 Å². The van der Waals surface area contributed by atoms with Gasteiger partial charge in [-0.1, -0.05) is 13.8 Å². The molecule has 5 nitrogen and oxygen atoms in total. The van der Waals surface area contributed by atoms with Gasteiger partial charge in [0.2, 0.25) is 0 Å². The fraction of sp³-hybridized carbons (Fsp3) is 0.889. The van der Waals surface area contributed by atoms with Crippen LogP contribution in [0.2, 0.25) is 0 Å². The lowest BCUT2D eigenvalue weighted by molar-refractivity contribution is 0.158. The van der Waals surface area contributed by atoms with E-state index in [9.17, 15) is 8.42 Å². The van der Waals surface area contributed by atoms with E-state index in [2.05, 4.69) is 4.40 Å². The average molecular weight is 236 g/mol. The van der Waals surface area contributed by atoms with Crippen molar-refractivity contribution in [3.63, 3.8) is 0 Å². The molecule has 0 saturated heterocycles. The first kappa shape index (κ1) is 14.4. The van der Waals surface area contributed by atoms with Gasteiger partial charge in [0, 0.05) is 26.1 Å². The maximum Gasteiger partial charge on any atom is 0.255 e. The van der Waals surface area contributed by atoms with E-state index in [1.807, 2.05) is 6.92 Å². The predicted molar refractivity (Wildman–Crippen MR) is 61.4 cm³/mol. The van der Waals surface area contributed by atoms with E-state index in [0.29, 0.717) is 6.42 Å². The third-order valence-electron chi connectivity index (χ3n) is 2.20. The van der Waals surface area contributed by atoms with Gasteiger partial charge < -0.3 is 10.0 Å². The van der Waals surface area contributed by atoms with Crippen LogP contribution in [-0.4, -0.2) is 51.2 Å². The molecule has 1 unspecified atom stereocenters. The van der Waals surface area contributed by atoms with Gasteiger partial charge in [0.25, 0.3) is 10.0 Å². The number of aliphatic hydroxyl groups excluding tert-OH is 1. The molecule has 0 radical (unpaired) electrons. The summed E-state index contributed by atoms with van der Waals surface area (Å²) in [7, 11) is -0.0938. The molecule has 0 spiro atoms. The van der Waals surface area contributed by atoms with Crippen LogP contribution in [0, 0.1) is 5.41 Å². The van der Waals surface area contributed by atoms with Crippen LogP contribution in [0.3, 0.4) is 0 Å². The monoisotopic (exact) mass is 236 g/mol. The number of rotatable bonds is 6. The van der Waals surface area contributed by atoms with Crippen molar-refractivity contribution in [2.75, 3.05) is 26.5 Å². The first-order valence-corrected chi connectivity index (χ1v) is 6.41. The quantitative estimate of drug-likeness (QED) is 0.532. The minimum atomic E-state index is -3.49. The van der Waals surface area contributed by atoms with E-state index in [0.717, 1.165) is 0 Å². The molecule has 0 aromatic heterocycles. The number of aliphatic hydroxyl groups is 1. The van der Waals surface area contributed by atoms with Gasteiger partial charge in [0.05, 0.1) is 5.75 Å². The lowest BCUT2D eigenvalue weighted by atomic mass is 9.91. The van der Waals surface area contributed by atoms with Crippen LogP contribution in [0.25, 0.3) is 0 Å². The lowest BCUT2D eigenvalue weighted by Crippen LogP contribution is -2.29. The summed E-state index contributed by atoms with van der Waals surface area (Å²) in [6.45, 7) is 3.43. The first-order chi connectivity index (χ1) is 6.74. The lowest BCUT2D eigenvalue weighted by Gasteiger charge is -2.23. The Labute approximate surface area is 91.9 Å². The SMILES string of the molecule is CCC(C)(CO)CS(=O)(=O)N=CN(C)C. The van der Waals surface area contributed by atoms with E-state index in [4.69, 9.17) is 5.11 Å². The molecule has 90 valence electrons. The summed E-state index contributed by atoms with van der Waals surface area (Å²) >= 11 is 0. The van der Waals surface area contributed by atoms with Gasteiger partial charge in [-0.25, -0.2) is 8.42 Å². The van der Waals surface area contributed by atoms with E-state index in [1.54, 1.807) is 25.9 Å². The molecule has 0 aliphatic rings. The number of sulfonamides is 1. The number of hydrogen-bond donors (Lipinski definition) is 1. The van der Waals surface area contributed by atoms with Crippen molar-refractivity contribution in [2.45, 2.75) is 20.3 Å². The Bertz CT molecular complexity index is 305. The maximum absolute atomic E-state index is 11.5. The molecule has 0 heterocycles.